The van der Waals surface area contributed by atoms with Crippen LogP contribution in [0.15, 0.2) is 52.5 Å². The fourth-order valence-electron chi connectivity index (χ4n) is 2.59. The first-order chi connectivity index (χ1) is 14.1. The maximum absolute atomic E-state index is 12.5. The molecule has 3 rings (SSSR count). The Bertz CT molecular complexity index is 1130. The predicted octanol–water partition coefficient (Wildman–Crippen LogP) is 3.42. The van der Waals surface area contributed by atoms with E-state index in [1.165, 1.54) is 43.1 Å². The Morgan fingerprint density at radius 3 is 2.40 bits per heavy atom. The van der Waals surface area contributed by atoms with E-state index in [-0.39, 0.29) is 32.6 Å². The first-order valence-corrected chi connectivity index (χ1v) is 11.4. The molecule has 0 aliphatic carbocycles. The molecule has 0 bridgehead atoms. The number of benzene rings is 2. The topological polar surface area (TPSA) is 105 Å². The number of nitrogens with zero attached hydrogens (tertiary/aromatic N) is 2. The Morgan fingerprint density at radius 1 is 1.17 bits per heavy atom. The first kappa shape index (κ1) is 22.1. The number of carbonyl (C=O) groups excluding carboxylic acids is 2. The van der Waals surface area contributed by atoms with E-state index in [1.807, 2.05) is 6.92 Å². The molecule has 0 aromatic heterocycles. The van der Waals surface area contributed by atoms with Crippen molar-refractivity contribution in [2.75, 3.05) is 0 Å². The van der Waals surface area contributed by atoms with Crippen LogP contribution < -0.4 is 9.50 Å². The minimum Gasteiger partial charge on any atom is -0.377 e. The van der Waals surface area contributed by atoms with E-state index in [9.17, 15) is 18.0 Å². The maximum Gasteiger partial charge on any atom is 0.339 e. The number of hydrazone groups is 1. The van der Waals surface area contributed by atoms with Crippen molar-refractivity contribution in [1.82, 2.24) is 10.3 Å². The van der Waals surface area contributed by atoms with E-state index in [2.05, 4.69) is 10.4 Å². The zero-order chi connectivity index (χ0) is 22.1. The normalized spacial score (nSPS) is 16.2. The van der Waals surface area contributed by atoms with Gasteiger partial charge in [-0.25, -0.2) is 5.01 Å². The van der Waals surface area contributed by atoms with Crippen LogP contribution >= 0.6 is 23.4 Å². The summed E-state index contributed by atoms with van der Waals surface area (Å²) in [7, 11) is -4.06. The molecule has 0 radical (unpaired) electrons. The second-order valence-electron chi connectivity index (χ2n) is 6.46. The predicted molar refractivity (Wildman–Crippen MR) is 115 cm³/mol. The van der Waals surface area contributed by atoms with Crippen molar-refractivity contribution in [1.29, 1.82) is 0 Å². The van der Waals surface area contributed by atoms with Crippen LogP contribution in [0.25, 0.3) is 0 Å². The number of amidine groups is 1. The molecule has 1 heterocycles. The van der Waals surface area contributed by atoms with Gasteiger partial charge in [-0.1, -0.05) is 47.1 Å². The number of aryl methyl sites for hydroxylation is 1. The summed E-state index contributed by atoms with van der Waals surface area (Å²) in [4.78, 5) is 23.2. The lowest BCUT2D eigenvalue weighted by atomic mass is 10.2. The van der Waals surface area contributed by atoms with Crippen molar-refractivity contribution in [3.05, 3.63) is 58.6 Å². The number of hydrogen-bond acceptors (Lipinski definition) is 7. The summed E-state index contributed by atoms with van der Waals surface area (Å²) in [6.45, 7) is 4.53. The summed E-state index contributed by atoms with van der Waals surface area (Å²) in [5.41, 5.74) is 1.51. The number of halogens is 1. The largest absolute Gasteiger partial charge is 0.377 e. The van der Waals surface area contributed by atoms with Crippen LogP contribution in [0.1, 0.15) is 30.3 Å². The molecule has 2 aromatic carbocycles. The number of rotatable bonds is 4. The highest BCUT2D eigenvalue weighted by Crippen LogP contribution is 2.41. The third-order valence-corrected chi connectivity index (χ3v) is 6.65. The highest BCUT2D eigenvalue weighted by Gasteiger charge is 2.33. The standard InChI is InChI=1S/C19H18ClN3O5S2/c1-11-4-7-15(8-5-11)30(26,27)28-17-9-6-14(10-16(17)20)18-23(13(3)25)22-19(29-18)21-12(2)24/h4-10,18H,1-3H3,(H,21,22,24)/t18-/m1/s1. The SMILES string of the molecule is CC(=O)NC1=NN(C(C)=O)[C@@H](c2ccc(OS(=O)(=O)c3ccc(C)cc3)c(Cl)c2)S1. The van der Waals surface area contributed by atoms with Gasteiger partial charge in [0.15, 0.2) is 10.9 Å². The second kappa shape index (κ2) is 8.66. The monoisotopic (exact) mass is 467 g/mol. The molecule has 1 atom stereocenters. The van der Waals surface area contributed by atoms with Gasteiger partial charge in [0, 0.05) is 13.8 Å². The molecule has 0 saturated heterocycles. The number of carbonyl (C=O) groups is 2. The summed E-state index contributed by atoms with van der Waals surface area (Å²) in [5, 5.41) is 7.64. The summed E-state index contributed by atoms with van der Waals surface area (Å²) in [6, 6.07) is 10.7. The molecule has 1 aliphatic heterocycles. The third-order valence-electron chi connectivity index (χ3n) is 4.00. The molecule has 0 spiro atoms. The number of thioether (sulfide) groups is 1. The van der Waals surface area contributed by atoms with Gasteiger partial charge in [-0.05, 0) is 36.8 Å². The van der Waals surface area contributed by atoms with Crippen molar-refractivity contribution in [2.24, 2.45) is 5.10 Å². The van der Waals surface area contributed by atoms with Crippen LogP contribution in [0, 0.1) is 6.92 Å². The molecule has 158 valence electrons. The minimum atomic E-state index is -4.06. The van der Waals surface area contributed by atoms with Crippen LogP contribution in [-0.4, -0.2) is 30.4 Å². The number of hydrogen-bond donors (Lipinski definition) is 1. The Morgan fingerprint density at radius 2 is 1.83 bits per heavy atom. The van der Waals surface area contributed by atoms with Gasteiger partial charge < -0.3 is 9.50 Å². The van der Waals surface area contributed by atoms with Crippen molar-refractivity contribution in [2.45, 2.75) is 31.0 Å². The van der Waals surface area contributed by atoms with Gasteiger partial charge in [-0.15, -0.1) is 5.10 Å². The summed E-state index contributed by atoms with van der Waals surface area (Å²) in [6.07, 6.45) is 0. The molecular weight excluding hydrogens is 450 g/mol. The van der Waals surface area contributed by atoms with Gasteiger partial charge >= 0.3 is 10.1 Å². The number of nitrogens with one attached hydrogen (secondary N) is 1. The maximum atomic E-state index is 12.5. The summed E-state index contributed by atoms with van der Waals surface area (Å²) >= 11 is 7.43. The molecule has 2 aromatic rings. The molecule has 11 heteroatoms. The van der Waals surface area contributed by atoms with Crippen LogP contribution in [0.3, 0.4) is 0 Å². The zero-order valence-electron chi connectivity index (χ0n) is 16.2. The van der Waals surface area contributed by atoms with E-state index < -0.39 is 15.5 Å². The highest BCUT2D eigenvalue weighted by molar-refractivity contribution is 8.14. The van der Waals surface area contributed by atoms with E-state index in [0.29, 0.717) is 5.56 Å². The van der Waals surface area contributed by atoms with E-state index in [4.69, 9.17) is 15.8 Å². The molecule has 0 fully saturated rings. The minimum absolute atomic E-state index is 0.00990. The van der Waals surface area contributed by atoms with Crippen LogP contribution in [0.2, 0.25) is 5.02 Å². The van der Waals surface area contributed by atoms with Crippen LogP contribution in [0.4, 0.5) is 0 Å². The first-order valence-electron chi connectivity index (χ1n) is 8.70. The molecule has 0 unspecified atom stereocenters. The smallest absolute Gasteiger partial charge is 0.339 e. The lowest BCUT2D eigenvalue weighted by molar-refractivity contribution is -0.129. The molecule has 0 saturated carbocycles. The van der Waals surface area contributed by atoms with E-state index in [1.54, 1.807) is 18.2 Å². The average molecular weight is 468 g/mol. The van der Waals surface area contributed by atoms with Gasteiger partial charge in [0.25, 0.3) is 0 Å². The van der Waals surface area contributed by atoms with Crippen molar-refractivity contribution >= 4 is 50.5 Å². The van der Waals surface area contributed by atoms with E-state index in [0.717, 1.165) is 17.3 Å². The molecule has 2 amide bonds. The second-order valence-corrected chi connectivity index (χ2v) is 9.48. The number of amides is 2. The Hall–Kier alpha value is -2.56. The van der Waals surface area contributed by atoms with E-state index >= 15 is 0 Å². The lowest BCUT2D eigenvalue weighted by Crippen LogP contribution is -2.25. The quantitative estimate of drug-likeness (QED) is 0.691. The van der Waals surface area contributed by atoms with Crippen molar-refractivity contribution < 1.29 is 22.2 Å². The van der Waals surface area contributed by atoms with Gasteiger partial charge in [0.05, 0.1) is 5.02 Å². The highest BCUT2D eigenvalue weighted by atomic mass is 35.5. The molecule has 8 nitrogen and oxygen atoms in total. The summed E-state index contributed by atoms with van der Waals surface area (Å²) in [5.74, 6) is -0.680. The van der Waals surface area contributed by atoms with Crippen LogP contribution in [-0.2, 0) is 19.7 Å². The van der Waals surface area contributed by atoms with Crippen LogP contribution in [0.5, 0.6) is 5.75 Å². The molecule has 30 heavy (non-hydrogen) atoms. The molecule has 1 N–H and O–H groups in total. The summed E-state index contributed by atoms with van der Waals surface area (Å²) < 4.78 is 30.2. The molecule has 1 aliphatic rings. The van der Waals surface area contributed by atoms with Gasteiger partial charge in [-0.3, -0.25) is 9.59 Å². The third kappa shape index (κ3) is 4.94. The Kier molecular flexibility index (Phi) is 6.39. The van der Waals surface area contributed by atoms with Crippen molar-refractivity contribution in [3.8, 4) is 5.75 Å². The van der Waals surface area contributed by atoms with Crippen molar-refractivity contribution in [3.63, 3.8) is 0 Å². The zero-order valence-corrected chi connectivity index (χ0v) is 18.6. The fourth-order valence-corrected chi connectivity index (χ4v) is 4.94. The van der Waals surface area contributed by atoms with Gasteiger partial charge in [0.1, 0.15) is 10.3 Å². The lowest BCUT2D eigenvalue weighted by Gasteiger charge is -2.20. The van der Waals surface area contributed by atoms with Gasteiger partial charge in [-0.2, -0.15) is 8.42 Å². The van der Waals surface area contributed by atoms with Gasteiger partial charge in [0.2, 0.25) is 11.8 Å². The Balaban J connectivity index is 1.84. The Labute approximate surface area is 183 Å². The molecular formula is C19H18ClN3O5S2. The fraction of sp³-hybridized carbons (Fsp3) is 0.211. The average Bonchev–Trinajstić information content (AvgIpc) is 3.07.